The summed E-state index contributed by atoms with van der Waals surface area (Å²) < 4.78 is 0. The lowest BCUT2D eigenvalue weighted by molar-refractivity contribution is -0.117. The highest BCUT2D eigenvalue weighted by Crippen LogP contribution is 2.22. The molecule has 14 heavy (non-hydrogen) atoms. The number of alkyl halides is 1. The second-order valence-corrected chi connectivity index (χ2v) is 3.61. The first-order chi connectivity index (χ1) is 6.52. The third kappa shape index (κ3) is 2.32. The van der Waals surface area contributed by atoms with Crippen LogP contribution in [0.15, 0.2) is 24.3 Å². The van der Waals surface area contributed by atoms with E-state index < -0.39 is 16.7 Å². The molecule has 5 heteroatoms. The zero-order chi connectivity index (χ0) is 10.7. The normalized spacial score (nSPS) is 12.1. The summed E-state index contributed by atoms with van der Waals surface area (Å²) in [5, 5.41) is 8.62. The van der Waals surface area contributed by atoms with Gasteiger partial charge in [-0.25, -0.2) is 4.79 Å². The smallest absolute Gasteiger partial charge is 0.335 e. The van der Waals surface area contributed by atoms with Gasteiger partial charge in [0.1, 0.15) is 4.83 Å². The van der Waals surface area contributed by atoms with E-state index in [1.807, 2.05) is 0 Å². The van der Waals surface area contributed by atoms with E-state index >= 15 is 0 Å². The third-order valence-corrected chi connectivity index (χ3v) is 2.68. The molecule has 1 atom stereocenters. The van der Waals surface area contributed by atoms with Crippen LogP contribution in [0.5, 0.6) is 0 Å². The van der Waals surface area contributed by atoms with Gasteiger partial charge in [0, 0.05) is 0 Å². The van der Waals surface area contributed by atoms with Crippen LogP contribution in [0.4, 0.5) is 0 Å². The van der Waals surface area contributed by atoms with Crippen molar-refractivity contribution >= 4 is 27.8 Å². The first-order valence-corrected chi connectivity index (χ1v) is 4.70. The summed E-state index contributed by atoms with van der Waals surface area (Å²) >= 11 is 3.09. The maximum absolute atomic E-state index is 10.8. The van der Waals surface area contributed by atoms with Gasteiger partial charge in [-0.3, -0.25) is 4.79 Å². The van der Waals surface area contributed by atoms with Crippen LogP contribution in [0.2, 0.25) is 0 Å². The number of amides is 1. The minimum atomic E-state index is -0.998. The lowest BCUT2D eigenvalue weighted by atomic mass is 10.1. The molecule has 1 rings (SSSR count). The lowest BCUT2D eigenvalue weighted by Crippen LogP contribution is -2.16. The molecule has 1 unspecified atom stereocenters. The molecular weight excluding hydrogens is 250 g/mol. The van der Waals surface area contributed by atoms with E-state index in [0.29, 0.717) is 5.56 Å². The van der Waals surface area contributed by atoms with Crippen molar-refractivity contribution in [1.29, 1.82) is 0 Å². The molecule has 3 N–H and O–H groups in total. The highest BCUT2D eigenvalue weighted by Gasteiger charge is 2.13. The Morgan fingerprint density at radius 1 is 1.29 bits per heavy atom. The van der Waals surface area contributed by atoms with Crippen LogP contribution in [0.1, 0.15) is 20.7 Å². The van der Waals surface area contributed by atoms with Gasteiger partial charge in [-0.05, 0) is 17.7 Å². The van der Waals surface area contributed by atoms with E-state index in [4.69, 9.17) is 10.8 Å². The molecule has 0 radical (unpaired) electrons. The van der Waals surface area contributed by atoms with E-state index in [0.717, 1.165) is 0 Å². The zero-order valence-electron chi connectivity index (χ0n) is 7.11. The SMILES string of the molecule is NC(=O)C(Br)c1ccc(C(=O)O)cc1. The van der Waals surface area contributed by atoms with Crippen LogP contribution in [-0.4, -0.2) is 17.0 Å². The molecule has 0 saturated heterocycles. The number of aromatic carboxylic acids is 1. The van der Waals surface area contributed by atoms with E-state index in [2.05, 4.69) is 15.9 Å². The van der Waals surface area contributed by atoms with Crippen LogP contribution in [0, 0.1) is 0 Å². The Balaban J connectivity index is 2.94. The predicted octanol–water partition coefficient (Wildman–Crippen LogP) is 1.31. The minimum absolute atomic E-state index is 0.179. The summed E-state index contributed by atoms with van der Waals surface area (Å²) in [4.78, 5) is 20.7. The van der Waals surface area contributed by atoms with Gasteiger partial charge in [0.2, 0.25) is 5.91 Å². The molecule has 1 aromatic rings. The number of hydrogen-bond donors (Lipinski definition) is 2. The Bertz CT molecular complexity index is 361. The van der Waals surface area contributed by atoms with E-state index in [1.54, 1.807) is 12.1 Å². The van der Waals surface area contributed by atoms with Gasteiger partial charge in [0.15, 0.2) is 0 Å². The molecule has 0 saturated carbocycles. The van der Waals surface area contributed by atoms with Gasteiger partial charge in [0.25, 0.3) is 0 Å². The summed E-state index contributed by atoms with van der Waals surface area (Å²) in [7, 11) is 0. The first-order valence-electron chi connectivity index (χ1n) is 3.79. The van der Waals surface area contributed by atoms with Gasteiger partial charge >= 0.3 is 5.97 Å². The summed E-state index contributed by atoms with van der Waals surface area (Å²) in [6.45, 7) is 0. The quantitative estimate of drug-likeness (QED) is 0.802. The molecule has 0 aromatic heterocycles. The number of hydrogen-bond acceptors (Lipinski definition) is 2. The largest absolute Gasteiger partial charge is 0.478 e. The number of nitrogens with two attached hydrogens (primary N) is 1. The molecule has 4 nitrogen and oxygen atoms in total. The predicted molar refractivity (Wildman–Crippen MR) is 54.3 cm³/mol. The fourth-order valence-corrected chi connectivity index (χ4v) is 1.26. The van der Waals surface area contributed by atoms with Crippen LogP contribution in [0.3, 0.4) is 0 Å². The molecule has 1 amide bonds. The maximum atomic E-state index is 10.8. The fourth-order valence-electron chi connectivity index (χ4n) is 0.959. The summed E-state index contributed by atoms with van der Waals surface area (Å²) in [5.41, 5.74) is 5.88. The molecule has 0 spiro atoms. The van der Waals surface area contributed by atoms with Crippen molar-refractivity contribution in [2.24, 2.45) is 5.73 Å². The Labute approximate surface area is 88.9 Å². The Morgan fingerprint density at radius 3 is 2.14 bits per heavy atom. The van der Waals surface area contributed by atoms with Crippen molar-refractivity contribution in [2.75, 3.05) is 0 Å². The van der Waals surface area contributed by atoms with Gasteiger partial charge in [0.05, 0.1) is 5.56 Å². The molecule has 74 valence electrons. The molecule has 0 heterocycles. The monoisotopic (exact) mass is 257 g/mol. The molecule has 1 aromatic carbocycles. The molecule has 0 bridgehead atoms. The number of rotatable bonds is 3. The standard InChI is InChI=1S/C9H8BrNO3/c10-7(8(11)12)5-1-3-6(4-2-5)9(13)14/h1-4,7H,(H2,11,12)(H,13,14). The van der Waals surface area contributed by atoms with Crippen molar-refractivity contribution in [3.8, 4) is 0 Å². The fraction of sp³-hybridized carbons (Fsp3) is 0.111. The molecule has 0 aliphatic rings. The van der Waals surface area contributed by atoms with Crippen molar-refractivity contribution in [2.45, 2.75) is 4.83 Å². The summed E-state index contributed by atoms with van der Waals surface area (Å²) in [6.07, 6.45) is 0. The number of carboxylic acids is 1. The van der Waals surface area contributed by atoms with Crippen molar-refractivity contribution in [3.63, 3.8) is 0 Å². The Morgan fingerprint density at radius 2 is 1.79 bits per heavy atom. The molecule has 0 aliphatic heterocycles. The minimum Gasteiger partial charge on any atom is -0.478 e. The van der Waals surface area contributed by atoms with Crippen LogP contribution >= 0.6 is 15.9 Å². The number of benzene rings is 1. The average molecular weight is 258 g/mol. The van der Waals surface area contributed by atoms with E-state index in [9.17, 15) is 9.59 Å². The molecule has 0 aliphatic carbocycles. The molecule has 0 fully saturated rings. The first kappa shape index (κ1) is 10.7. The van der Waals surface area contributed by atoms with Crippen LogP contribution in [-0.2, 0) is 4.79 Å². The van der Waals surface area contributed by atoms with Crippen molar-refractivity contribution in [1.82, 2.24) is 0 Å². The summed E-state index contributed by atoms with van der Waals surface area (Å²) in [5.74, 6) is -1.50. The number of carbonyl (C=O) groups excluding carboxylic acids is 1. The molecular formula is C9H8BrNO3. The van der Waals surface area contributed by atoms with Crippen LogP contribution < -0.4 is 5.73 Å². The highest BCUT2D eigenvalue weighted by atomic mass is 79.9. The Hall–Kier alpha value is -1.36. The number of carboxylic acid groups (broad SMARTS) is 1. The van der Waals surface area contributed by atoms with Gasteiger partial charge in [-0.2, -0.15) is 0 Å². The number of primary amides is 1. The van der Waals surface area contributed by atoms with Gasteiger partial charge in [-0.1, -0.05) is 28.1 Å². The third-order valence-electron chi connectivity index (χ3n) is 1.70. The topological polar surface area (TPSA) is 80.4 Å². The highest BCUT2D eigenvalue weighted by molar-refractivity contribution is 9.09. The zero-order valence-corrected chi connectivity index (χ0v) is 8.69. The van der Waals surface area contributed by atoms with Crippen molar-refractivity contribution in [3.05, 3.63) is 35.4 Å². The van der Waals surface area contributed by atoms with Crippen molar-refractivity contribution < 1.29 is 14.7 Å². The Kier molecular flexibility index (Phi) is 3.24. The number of carbonyl (C=O) groups is 2. The number of halogens is 1. The van der Waals surface area contributed by atoms with E-state index in [-0.39, 0.29) is 5.56 Å². The second kappa shape index (κ2) is 4.23. The average Bonchev–Trinajstić information content (AvgIpc) is 2.16. The maximum Gasteiger partial charge on any atom is 0.335 e. The van der Waals surface area contributed by atoms with E-state index in [1.165, 1.54) is 12.1 Å². The van der Waals surface area contributed by atoms with Gasteiger partial charge < -0.3 is 10.8 Å². The lowest BCUT2D eigenvalue weighted by Gasteiger charge is -2.05. The second-order valence-electron chi connectivity index (χ2n) is 2.69. The van der Waals surface area contributed by atoms with Gasteiger partial charge in [-0.15, -0.1) is 0 Å². The van der Waals surface area contributed by atoms with Crippen LogP contribution in [0.25, 0.3) is 0 Å². The summed E-state index contributed by atoms with van der Waals surface area (Å²) in [6, 6.07) is 5.95.